The van der Waals surface area contributed by atoms with Crippen molar-refractivity contribution in [1.29, 1.82) is 0 Å². The third-order valence-corrected chi connectivity index (χ3v) is 3.76. The molecule has 2 rings (SSSR count). The van der Waals surface area contributed by atoms with Gasteiger partial charge in [-0.2, -0.15) is 0 Å². The third kappa shape index (κ3) is 4.44. The Morgan fingerprint density at radius 1 is 1.38 bits per heavy atom. The minimum atomic E-state index is -0.920. The number of nitrogens with zero attached hydrogens (tertiary/aromatic N) is 1. The maximum atomic E-state index is 10.8. The van der Waals surface area contributed by atoms with E-state index >= 15 is 0 Å². The fourth-order valence-electron chi connectivity index (χ4n) is 2.44. The summed E-state index contributed by atoms with van der Waals surface area (Å²) in [6.45, 7) is 8.50. The van der Waals surface area contributed by atoms with E-state index in [2.05, 4.69) is 18.7 Å². The van der Waals surface area contributed by atoms with Crippen LogP contribution < -0.4 is 4.74 Å². The molecule has 1 aromatic carbocycles. The molecule has 0 atom stereocenters. The first kappa shape index (κ1) is 15.8. The van der Waals surface area contributed by atoms with Crippen molar-refractivity contribution in [3.8, 4) is 5.75 Å². The van der Waals surface area contributed by atoms with Gasteiger partial charge in [0.25, 0.3) is 0 Å². The lowest BCUT2D eigenvalue weighted by Gasteiger charge is -2.42. The molecule has 1 fully saturated rings. The van der Waals surface area contributed by atoms with Crippen LogP contribution in [0, 0.1) is 0 Å². The highest BCUT2D eigenvalue weighted by molar-refractivity contribution is 5.87. The summed E-state index contributed by atoms with van der Waals surface area (Å²) < 4.78 is 11.1. The lowest BCUT2D eigenvalue weighted by atomic mass is 10.0. The van der Waals surface area contributed by atoms with Gasteiger partial charge in [0.05, 0.1) is 25.4 Å². The zero-order valence-electron chi connectivity index (χ0n) is 12.7. The fourth-order valence-corrected chi connectivity index (χ4v) is 2.44. The van der Waals surface area contributed by atoms with Crippen molar-refractivity contribution in [3.63, 3.8) is 0 Å². The summed E-state index contributed by atoms with van der Waals surface area (Å²) in [7, 11) is 0. The zero-order chi connectivity index (χ0) is 15.3. The zero-order valence-corrected chi connectivity index (χ0v) is 12.7. The topological polar surface area (TPSA) is 59.0 Å². The monoisotopic (exact) mass is 293 g/mol. The van der Waals surface area contributed by atoms with Crippen molar-refractivity contribution in [2.45, 2.75) is 25.8 Å². The molecule has 0 spiro atoms. The first-order valence-electron chi connectivity index (χ1n) is 7.28. The van der Waals surface area contributed by atoms with E-state index in [0.717, 1.165) is 32.7 Å². The van der Waals surface area contributed by atoms with Crippen LogP contribution in [0.15, 0.2) is 24.3 Å². The number of morpholine rings is 1. The van der Waals surface area contributed by atoms with Crippen molar-refractivity contribution in [2.75, 3.05) is 32.9 Å². The molecule has 1 aliphatic heterocycles. The van der Waals surface area contributed by atoms with Gasteiger partial charge < -0.3 is 14.6 Å². The van der Waals surface area contributed by atoms with Crippen molar-refractivity contribution in [3.05, 3.63) is 29.8 Å². The Morgan fingerprint density at radius 2 is 2.10 bits per heavy atom. The molecule has 0 aromatic heterocycles. The number of benzene rings is 1. The third-order valence-electron chi connectivity index (χ3n) is 3.76. The van der Waals surface area contributed by atoms with Gasteiger partial charge in [0.15, 0.2) is 0 Å². The van der Waals surface area contributed by atoms with Gasteiger partial charge in [0, 0.05) is 18.6 Å². The molecule has 0 bridgehead atoms. The molecule has 0 amide bonds. The van der Waals surface area contributed by atoms with Crippen LogP contribution in [0.1, 0.15) is 30.6 Å². The standard InChI is InChI=1S/C16H23NO4/c1-16(2)12-20-11-9-17(16)8-3-10-21-14-6-4-13(5-7-14)15(18)19/h4-7H,3,8-12H2,1-2H3,(H,18,19). The molecule has 1 aliphatic rings. The molecule has 0 radical (unpaired) electrons. The molecule has 0 saturated carbocycles. The summed E-state index contributed by atoms with van der Waals surface area (Å²) in [5.74, 6) is -0.211. The van der Waals surface area contributed by atoms with E-state index in [0.29, 0.717) is 12.4 Å². The predicted octanol–water partition coefficient (Wildman–Crippen LogP) is 2.26. The van der Waals surface area contributed by atoms with E-state index in [4.69, 9.17) is 14.6 Å². The highest BCUT2D eigenvalue weighted by atomic mass is 16.5. The molecule has 1 saturated heterocycles. The number of carboxylic acids is 1. The van der Waals surface area contributed by atoms with Gasteiger partial charge in [0.1, 0.15) is 5.75 Å². The minimum absolute atomic E-state index is 0.0847. The van der Waals surface area contributed by atoms with Gasteiger partial charge in [-0.25, -0.2) is 4.79 Å². The highest BCUT2D eigenvalue weighted by Gasteiger charge is 2.29. The molecule has 21 heavy (non-hydrogen) atoms. The lowest BCUT2D eigenvalue weighted by molar-refractivity contribution is -0.0521. The Kier molecular flexibility index (Phi) is 5.20. The minimum Gasteiger partial charge on any atom is -0.494 e. The van der Waals surface area contributed by atoms with Crippen molar-refractivity contribution in [1.82, 2.24) is 4.90 Å². The number of rotatable bonds is 6. The van der Waals surface area contributed by atoms with E-state index in [9.17, 15) is 4.79 Å². The SMILES string of the molecule is CC1(C)COCCN1CCCOc1ccc(C(=O)O)cc1. The summed E-state index contributed by atoms with van der Waals surface area (Å²) in [6, 6.07) is 6.51. The fraction of sp³-hybridized carbons (Fsp3) is 0.562. The predicted molar refractivity (Wildman–Crippen MR) is 80.0 cm³/mol. The molecule has 1 heterocycles. The van der Waals surface area contributed by atoms with Crippen molar-refractivity contribution in [2.24, 2.45) is 0 Å². The molecule has 116 valence electrons. The molecule has 1 N–H and O–H groups in total. The number of carboxylic acid groups (broad SMARTS) is 1. The van der Waals surface area contributed by atoms with Crippen LogP contribution >= 0.6 is 0 Å². The summed E-state index contributed by atoms with van der Waals surface area (Å²) >= 11 is 0. The van der Waals surface area contributed by atoms with E-state index in [1.807, 2.05) is 0 Å². The summed E-state index contributed by atoms with van der Waals surface area (Å²) in [5, 5.41) is 8.83. The maximum absolute atomic E-state index is 10.8. The molecule has 0 aliphatic carbocycles. The average molecular weight is 293 g/mol. The highest BCUT2D eigenvalue weighted by Crippen LogP contribution is 2.19. The number of hydrogen-bond acceptors (Lipinski definition) is 4. The van der Waals surface area contributed by atoms with Gasteiger partial charge in [-0.15, -0.1) is 0 Å². The number of aromatic carboxylic acids is 1. The Morgan fingerprint density at radius 3 is 2.71 bits per heavy atom. The van der Waals surface area contributed by atoms with Crippen LogP contribution in [-0.2, 0) is 4.74 Å². The van der Waals surface area contributed by atoms with Crippen LogP contribution in [0.4, 0.5) is 0 Å². The first-order chi connectivity index (χ1) is 9.99. The molecular formula is C16H23NO4. The maximum Gasteiger partial charge on any atom is 0.335 e. The van der Waals surface area contributed by atoms with Gasteiger partial charge >= 0.3 is 5.97 Å². The Labute approximate surface area is 125 Å². The van der Waals surface area contributed by atoms with Crippen LogP contribution in [0.2, 0.25) is 0 Å². The Balaban J connectivity index is 1.73. The van der Waals surface area contributed by atoms with Gasteiger partial charge in [0.2, 0.25) is 0 Å². The Bertz CT molecular complexity index is 470. The average Bonchev–Trinajstić information content (AvgIpc) is 2.45. The summed E-state index contributed by atoms with van der Waals surface area (Å²) in [4.78, 5) is 13.2. The summed E-state index contributed by atoms with van der Waals surface area (Å²) in [5.41, 5.74) is 0.360. The quantitative estimate of drug-likeness (QED) is 0.815. The molecule has 0 unspecified atom stereocenters. The number of hydrogen-bond donors (Lipinski definition) is 1. The molecule has 5 nitrogen and oxygen atoms in total. The second-order valence-corrected chi connectivity index (χ2v) is 5.88. The Hall–Kier alpha value is -1.59. The van der Waals surface area contributed by atoms with Crippen molar-refractivity contribution < 1.29 is 19.4 Å². The number of carbonyl (C=O) groups is 1. The van der Waals surface area contributed by atoms with E-state index in [1.165, 1.54) is 0 Å². The van der Waals surface area contributed by atoms with Crippen LogP contribution in [0.3, 0.4) is 0 Å². The van der Waals surface area contributed by atoms with E-state index in [1.54, 1.807) is 24.3 Å². The van der Waals surface area contributed by atoms with Gasteiger partial charge in [-0.05, 0) is 44.5 Å². The first-order valence-corrected chi connectivity index (χ1v) is 7.28. The smallest absolute Gasteiger partial charge is 0.335 e. The van der Waals surface area contributed by atoms with Crippen LogP contribution in [0.25, 0.3) is 0 Å². The lowest BCUT2D eigenvalue weighted by Crippen LogP contribution is -2.53. The largest absolute Gasteiger partial charge is 0.494 e. The number of ether oxygens (including phenoxy) is 2. The summed E-state index contributed by atoms with van der Waals surface area (Å²) in [6.07, 6.45) is 0.935. The molecule has 5 heteroatoms. The van der Waals surface area contributed by atoms with Crippen LogP contribution in [0.5, 0.6) is 5.75 Å². The second kappa shape index (κ2) is 6.91. The van der Waals surface area contributed by atoms with Crippen molar-refractivity contribution >= 4 is 5.97 Å². The normalized spacial score (nSPS) is 18.4. The second-order valence-electron chi connectivity index (χ2n) is 5.88. The molecule has 1 aromatic rings. The van der Waals surface area contributed by atoms with Gasteiger partial charge in [-0.1, -0.05) is 0 Å². The van der Waals surface area contributed by atoms with E-state index in [-0.39, 0.29) is 11.1 Å². The van der Waals surface area contributed by atoms with Gasteiger partial charge in [-0.3, -0.25) is 4.90 Å². The van der Waals surface area contributed by atoms with E-state index < -0.39 is 5.97 Å². The van der Waals surface area contributed by atoms with Crippen LogP contribution in [-0.4, -0.2) is 54.4 Å². The molecular weight excluding hydrogens is 270 g/mol.